The summed E-state index contributed by atoms with van der Waals surface area (Å²) >= 11 is 0. The van der Waals surface area contributed by atoms with Gasteiger partial charge in [-0.2, -0.15) is 0 Å². The molecule has 3 saturated heterocycles. The molecular formula is C13H19NO4. The molecule has 3 rings (SSSR count). The predicted octanol–water partition coefficient (Wildman–Crippen LogP) is 0.0233. The Morgan fingerprint density at radius 3 is 3.06 bits per heavy atom. The van der Waals surface area contributed by atoms with Crippen LogP contribution in [0.5, 0.6) is 0 Å². The van der Waals surface area contributed by atoms with Crippen molar-refractivity contribution in [3.05, 3.63) is 12.7 Å². The summed E-state index contributed by atoms with van der Waals surface area (Å²) in [6.07, 6.45) is 2.54. The van der Waals surface area contributed by atoms with Crippen LogP contribution in [0.4, 0.5) is 0 Å². The predicted molar refractivity (Wildman–Crippen MR) is 63.5 cm³/mol. The third kappa shape index (κ3) is 0.952. The molecule has 1 spiro atoms. The molecule has 0 radical (unpaired) electrons. The van der Waals surface area contributed by atoms with Crippen molar-refractivity contribution in [1.29, 1.82) is 0 Å². The molecule has 18 heavy (non-hydrogen) atoms. The van der Waals surface area contributed by atoms with Gasteiger partial charge in [0.15, 0.2) is 11.9 Å². The SMILES string of the molecule is C=CC[C@@]12[C@@H](O)OC[C@@]13CCCN3C(=O)[C@@]2(C)O. The Morgan fingerprint density at radius 2 is 2.39 bits per heavy atom. The van der Waals surface area contributed by atoms with Gasteiger partial charge in [0.25, 0.3) is 5.91 Å². The van der Waals surface area contributed by atoms with Gasteiger partial charge in [-0.15, -0.1) is 6.58 Å². The van der Waals surface area contributed by atoms with Gasteiger partial charge in [0.2, 0.25) is 0 Å². The van der Waals surface area contributed by atoms with E-state index in [-0.39, 0.29) is 5.91 Å². The van der Waals surface area contributed by atoms with Crippen LogP contribution in [-0.2, 0) is 9.53 Å². The molecule has 4 atom stereocenters. The molecule has 5 heteroatoms. The minimum Gasteiger partial charge on any atom is -0.379 e. The molecule has 0 aliphatic carbocycles. The number of amides is 1. The van der Waals surface area contributed by atoms with Crippen molar-refractivity contribution in [2.45, 2.75) is 43.6 Å². The second-order valence-corrected chi connectivity index (χ2v) is 5.79. The zero-order valence-corrected chi connectivity index (χ0v) is 10.6. The summed E-state index contributed by atoms with van der Waals surface area (Å²) in [5.41, 5.74) is -3.16. The molecule has 0 bridgehead atoms. The van der Waals surface area contributed by atoms with Crippen LogP contribution in [0.3, 0.4) is 0 Å². The van der Waals surface area contributed by atoms with Gasteiger partial charge in [-0.25, -0.2) is 0 Å². The van der Waals surface area contributed by atoms with Crippen molar-refractivity contribution in [3.63, 3.8) is 0 Å². The van der Waals surface area contributed by atoms with Gasteiger partial charge < -0.3 is 19.8 Å². The van der Waals surface area contributed by atoms with Crippen LogP contribution in [0, 0.1) is 5.41 Å². The molecule has 0 aromatic carbocycles. The van der Waals surface area contributed by atoms with Crippen LogP contribution >= 0.6 is 0 Å². The fourth-order valence-electron chi connectivity index (χ4n) is 4.37. The number of ether oxygens (including phenoxy) is 1. The van der Waals surface area contributed by atoms with Crippen molar-refractivity contribution in [3.8, 4) is 0 Å². The van der Waals surface area contributed by atoms with Crippen LogP contribution in [0.1, 0.15) is 26.2 Å². The summed E-state index contributed by atoms with van der Waals surface area (Å²) in [7, 11) is 0. The minimum absolute atomic E-state index is 0.288. The lowest BCUT2D eigenvalue weighted by Crippen LogP contribution is -2.58. The maximum atomic E-state index is 12.4. The van der Waals surface area contributed by atoms with Crippen molar-refractivity contribution >= 4 is 5.91 Å². The van der Waals surface area contributed by atoms with Gasteiger partial charge in [-0.1, -0.05) is 6.08 Å². The Hall–Kier alpha value is -0.910. The standard InChI is InChI=1S/C13H19NO4/c1-3-5-13-10(16)18-8-12(13)6-4-7-14(12)9(15)11(13,2)17/h3,10,16-17H,1,4-8H2,2H3/t10-,11+,12-,13-/m0/s1. The smallest absolute Gasteiger partial charge is 0.255 e. The normalized spacial score (nSPS) is 50.5. The molecule has 3 heterocycles. The summed E-state index contributed by atoms with van der Waals surface area (Å²) in [6, 6.07) is 0. The van der Waals surface area contributed by atoms with Crippen LogP contribution in [0.25, 0.3) is 0 Å². The Labute approximate surface area is 106 Å². The molecule has 3 fully saturated rings. The van der Waals surface area contributed by atoms with E-state index in [0.717, 1.165) is 12.8 Å². The summed E-state index contributed by atoms with van der Waals surface area (Å²) in [4.78, 5) is 14.1. The number of hydrogen-bond acceptors (Lipinski definition) is 4. The Kier molecular flexibility index (Phi) is 2.26. The fraction of sp³-hybridized carbons (Fsp3) is 0.769. The number of rotatable bonds is 2. The van der Waals surface area contributed by atoms with Crippen LogP contribution in [-0.4, -0.2) is 51.6 Å². The van der Waals surface area contributed by atoms with Crippen molar-refractivity contribution in [2.24, 2.45) is 5.41 Å². The molecule has 0 unspecified atom stereocenters. The first-order chi connectivity index (χ1) is 8.44. The first-order valence-corrected chi connectivity index (χ1v) is 6.39. The molecule has 3 aliphatic rings. The highest BCUT2D eigenvalue weighted by atomic mass is 16.6. The lowest BCUT2D eigenvalue weighted by Gasteiger charge is -2.43. The van der Waals surface area contributed by atoms with E-state index in [9.17, 15) is 15.0 Å². The lowest BCUT2D eigenvalue weighted by atomic mass is 9.61. The third-order valence-corrected chi connectivity index (χ3v) is 5.22. The third-order valence-electron chi connectivity index (χ3n) is 5.22. The van der Waals surface area contributed by atoms with Crippen molar-refractivity contribution in [1.82, 2.24) is 4.90 Å². The number of nitrogens with zero attached hydrogens (tertiary/aromatic N) is 1. The van der Waals surface area contributed by atoms with Crippen LogP contribution in [0.15, 0.2) is 12.7 Å². The number of aliphatic hydroxyl groups excluding tert-OH is 1. The fourth-order valence-corrected chi connectivity index (χ4v) is 4.37. The Morgan fingerprint density at radius 1 is 1.67 bits per heavy atom. The quantitative estimate of drug-likeness (QED) is 0.681. The van der Waals surface area contributed by atoms with Crippen molar-refractivity contribution in [2.75, 3.05) is 13.2 Å². The second kappa shape index (κ2) is 3.35. The number of hydrogen-bond donors (Lipinski definition) is 2. The molecular weight excluding hydrogens is 234 g/mol. The van der Waals surface area contributed by atoms with E-state index in [1.54, 1.807) is 11.0 Å². The lowest BCUT2D eigenvalue weighted by molar-refractivity contribution is -0.187. The van der Waals surface area contributed by atoms with Gasteiger partial charge in [-0.3, -0.25) is 4.79 Å². The zero-order chi connectivity index (χ0) is 13.2. The van der Waals surface area contributed by atoms with E-state index in [0.29, 0.717) is 19.6 Å². The molecule has 2 N–H and O–H groups in total. The molecule has 0 aromatic rings. The van der Waals surface area contributed by atoms with Crippen LogP contribution in [0.2, 0.25) is 0 Å². The van der Waals surface area contributed by atoms with Gasteiger partial charge in [0.1, 0.15) is 0 Å². The molecule has 0 aromatic heterocycles. The average Bonchev–Trinajstić information content (AvgIpc) is 2.89. The highest BCUT2D eigenvalue weighted by Gasteiger charge is 2.79. The number of carbonyl (C=O) groups is 1. The summed E-state index contributed by atoms with van der Waals surface area (Å²) in [6.45, 7) is 6.13. The Bertz CT molecular complexity index is 421. The van der Waals surface area contributed by atoms with Gasteiger partial charge in [-0.05, 0) is 26.2 Å². The highest BCUT2D eigenvalue weighted by molar-refractivity contribution is 5.91. The summed E-state index contributed by atoms with van der Waals surface area (Å²) in [5.74, 6) is -0.288. The van der Waals surface area contributed by atoms with Crippen molar-refractivity contribution < 1.29 is 19.7 Å². The summed E-state index contributed by atoms with van der Waals surface area (Å²) in [5, 5.41) is 21.0. The van der Waals surface area contributed by atoms with E-state index in [4.69, 9.17) is 4.74 Å². The number of aliphatic hydroxyl groups is 2. The first kappa shape index (κ1) is 12.1. The monoisotopic (exact) mass is 253 g/mol. The van der Waals surface area contributed by atoms with E-state index < -0.39 is 22.8 Å². The van der Waals surface area contributed by atoms with E-state index in [1.165, 1.54) is 6.92 Å². The van der Waals surface area contributed by atoms with Gasteiger partial charge in [0, 0.05) is 6.54 Å². The molecule has 1 amide bonds. The highest BCUT2D eigenvalue weighted by Crippen LogP contribution is 2.63. The van der Waals surface area contributed by atoms with Gasteiger partial charge >= 0.3 is 0 Å². The van der Waals surface area contributed by atoms with E-state index in [1.807, 2.05) is 0 Å². The van der Waals surface area contributed by atoms with Gasteiger partial charge in [0.05, 0.1) is 17.6 Å². The van der Waals surface area contributed by atoms with E-state index >= 15 is 0 Å². The zero-order valence-electron chi connectivity index (χ0n) is 10.6. The Balaban J connectivity index is 2.23. The molecule has 3 aliphatic heterocycles. The maximum Gasteiger partial charge on any atom is 0.255 e. The average molecular weight is 253 g/mol. The van der Waals surface area contributed by atoms with Crippen LogP contribution < -0.4 is 0 Å². The summed E-state index contributed by atoms with van der Waals surface area (Å²) < 4.78 is 5.42. The second-order valence-electron chi connectivity index (χ2n) is 5.79. The first-order valence-electron chi connectivity index (χ1n) is 6.39. The minimum atomic E-state index is -1.60. The number of allylic oxidation sites excluding steroid dienone is 1. The van der Waals surface area contributed by atoms with E-state index in [2.05, 4.69) is 6.58 Å². The maximum absolute atomic E-state index is 12.4. The topological polar surface area (TPSA) is 70.0 Å². The molecule has 0 saturated carbocycles. The number of carbonyl (C=O) groups excluding carboxylic acids is 1. The largest absolute Gasteiger partial charge is 0.379 e. The molecule has 100 valence electrons. The molecule has 5 nitrogen and oxygen atoms in total.